The normalized spacial score (nSPS) is 25.0. The number of nitrogens with one attached hydrogen (secondary N) is 2. The molecule has 3 aliphatic heterocycles. The molecule has 1 aromatic heterocycles. The van der Waals surface area contributed by atoms with Crippen LogP contribution in [-0.4, -0.2) is 103 Å². The van der Waals surface area contributed by atoms with E-state index in [1.165, 1.54) is 40.1 Å². The Hall–Kier alpha value is -4.11. The molecule has 1 saturated carbocycles. The molecule has 3 saturated heterocycles. The summed E-state index contributed by atoms with van der Waals surface area (Å²) < 4.78 is 67.6. The highest BCUT2D eigenvalue weighted by Gasteiger charge is 2.58. The molecule has 17 heteroatoms. The number of pyridine rings is 1. The van der Waals surface area contributed by atoms with Crippen molar-refractivity contribution in [1.29, 1.82) is 0 Å². The van der Waals surface area contributed by atoms with E-state index < -0.39 is 61.7 Å². The summed E-state index contributed by atoms with van der Waals surface area (Å²) in [5.41, 5.74) is -5.24. The van der Waals surface area contributed by atoms with E-state index in [1.807, 2.05) is 11.0 Å². The maximum absolute atomic E-state index is 14.5. The van der Waals surface area contributed by atoms with Gasteiger partial charge in [0.1, 0.15) is 12.1 Å². The number of rotatable bonds is 8. The lowest BCUT2D eigenvalue weighted by atomic mass is 9.96. The number of carbonyl (C=O) groups excluding carboxylic acids is 3. The monoisotopic (exact) mass is 747 g/mol. The van der Waals surface area contributed by atoms with Crippen LogP contribution in [0.3, 0.4) is 0 Å². The number of carbonyl (C=O) groups is 3. The Morgan fingerprint density at radius 3 is 2.44 bits per heavy atom. The third-order valence-corrected chi connectivity index (χ3v) is 12.0. The minimum atomic E-state index is -5.85. The Kier molecular flexibility index (Phi) is 9.33. The largest absolute Gasteiger partial charge is 0.399 e. The number of alkyl halides is 4. The molecule has 4 aliphatic rings. The smallest absolute Gasteiger partial charge is 0.340 e. The molecule has 4 heterocycles. The molecule has 4 atom stereocenters. The van der Waals surface area contributed by atoms with Crippen LogP contribution in [0.25, 0.3) is 10.8 Å². The van der Waals surface area contributed by atoms with Gasteiger partial charge in [-0.1, -0.05) is 18.2 Å². The number of H-pyrrole nitrogens is 1. The number of fused-ring (bicyclic) bond motifs is 2. The maximum Gasteiger partial charge on any atom is 0.399 e. The van der Waals surface area contributed by atoms with Crippen molar-refractivity contribution in [2.75, 3.05) is 26.2 Å². The van der Waals surface area contributed by atoms with Gasteiger partial charge in [-0.25, -0.2) is 8.78 Å². The van der Waals surface area contributed by atoms with Crippen LogP contribution in [0.5, 0.6) is 0 Å². The average Bonchev–Trinajstić information content (AvgIpc) is 3.58. The number of nitrogens with zero attached hydrogens (tertiary/aromatic N) is 3. The molecule has 4 N–H and O–H groups in total. The second kappa shape index (κ2) is 13.4. The highest BCUT2D eigenvalue weighted by atomic mass is 31.2. The number of amides is 3. The fourth-order valence-electron chi connectivity index (χ4n) is 8.23. The lowest BCUT2D eigenvalue weighted by Gasteiger charge is -2.40. The van der Waals surface area contributed by atoms with Crippen LogP contribution < -0.4 is 10.9 Å². The van der Waals surface area contributed by atoms with Crippen LogP contribution in [0.15, 0.2) is 59.5 Å². The van der Waals surface area contributed by atoms with Gasteiger partial charge in [0.2, 0.25) is 17.4 Å². The second-order valence-corrected chi connectivity index (χ2v) is 16.0. The molecule has 0 bridgehead atoms. The minimum Gasteiger partial charge on any atom is -0.340 e. The Morgan fingerprint density at radius 2 is 1.75 bits per heavy atom. The lowest BCUT2D eigenvalue weighted by molar-refractivity contribution is -0.148. The zero-order chi connectivity index (χ0) is 37.2. The summed E-state index contributed by atoms with van der Waals surface area (Å²) in [6.07, 6.45) is 1.84. The van der Waals surface area contributed by atoms with E-state index in [9.17, 15) is 51.1 Å². The molecule has 1 aliphatic carbocycles. The summed E-state index contributed by atoms with van der Waals surface area (Å²) in [5, 5.41) is 3.19. The molecule has 3 amide bonds. The molecule has 52 heavy (non-hydrogen) atoms. The summed E-state index contributed by atoms with van der Waals surface area (Å²) >= 11 is 0. The summed E-state index contributed by atoms with van der Waals surface area (Å²) in [6.45, 7) is 0.00704. The molecule has 7 rings (SSSR count). The quantitative estimate of drug-likeness (QED) is 0.200. The van der Waals surface area contributed by atoms with Gasteiger partial charge in [-0.05, 0) is 79.1 Å². The van der Waals surface area contributed by atoms with Gasteiger partial charge >= 0.3 is 13.3 Å². The maximum atomic E-state index is 14.5. The summed E-state index contributed by atoms with van der Waals surface area (Å²) in [5.74, 6) is -1.59. The SMILES string of the molecule is O=C(N[C@H]1CCN(CC(F)F)C[C@H]2CC[C@@H](C(=O)N3CC(c4cc[nH]c(=O)c4)CC34CC4)N2C1=O)c1ccc2ccc(C(F)(F)P(=O)(O)O)cc2c1. The first kappa shape index (κ1) is 36.3. The number of halogens is 4. The van der Waals surface area contributed by atoms with Gasteiger partial charge in [0, 0.05) is 60.5 Å². The zero-order valence-electron chi connectivity index (χ0n) is 27.9. The van der Waals surface area contributed by atoms with Gasteiger partial charge in [0.15, 0.2) is 0 Å². The van der Waals surface area contributed by atoms with Crippen molar-refractivity contribution in [2.24, 2.45) is 0 Å². The van der Waals surface area contributed by atoms with Crippen molar-refractivity contribution >= 4 is 36.1 Å². The van der Waals surface area contributed by atoms with Crippen LogP contribution in [0.2, 0.25) is 0 Å². The molecule has 1 spiro atoms. The fraction of sp³-hybridized carbons (Fsp3) is 0.486. The Bertz CT molecular complexity index is 2020. The topological polar surface area (TPSA) is 163 Å². The highest BCUT2D eigenvalue weighted by molar-refractivity contribution is 7.52. The molecule has 278 valence electrons. The lowest BCUT2D eigenvalue weighted by Crippen LogP contribution is -2.60. The number of benzene rings is 2. The van der Waals surface area contributed by atoms with Crippen LogP contribution in [0, 0.1) is 0 Å². The summed E-state index contributed by atoms with van der Waals surface area (Å²) in [4.78, 5) is 80.2. The van der Waals surface area contributed by atoms with Crippen LogP contribution in [-0.2, 0) is 19.8 Å². The Morgan fingerprint density at radius 1 is 1.00 bits per heavy atom. The Labute approximate surface area is 295 Å². The molecule has 12 nitrogen and oxygen atoms in total. The van der Waals surface area contributed by atoms with E-state index in [0.29, 0.717) is 31.2 Å². The van der Waals surface area contributed by atoms with Crippen molar-refractivity contribution in [3.8, 4) is 0 Å². The van der Waals surface area contributed by atoms with Gasteiger partial charge in [0.25, 0.3) is 12.3 Å². The first-order valence-electron chi connectivity index (χ1n) is 17.2. The molecule has 4 fully saturated rings. The second-order valence-electron chi connectivity index (χ2n) is 14.4. The zero-order valence-corrected chi connectivity index (χ0v) is 28.8. The van der Waals surface area contributed by atoms with Gasteiger partial charge in [0.05, 0.1) is 6.54 Å². The van der Waals surface area contributed by atoms with Crippen molar-refractivity contribution < 1.29 is 46.3 Å². The molecular weight excluding hydrogens is 709 g/mol. The predicted octanol–water partition coefficient (Wildman–Crippen LogP) is 3.73. The highest BCUT2D eigenvalue weighted by Crippen LogP contribution is 2.59. The molecule has 1 unspecified atom stereocenters. The van der Waals surface area contributed by atoms with Crippen molar-refractivity contribution in [2.45, 2.75) is 80.2 Å². The predicted molar refractivity (Wildman–Crippen MR) is 180 cm³/mol. The van der Waals surface area contributed by atoms with Crippen LogP contribution >= 0.6 is 7.60 Å². The molecule has 2 aromatic carbocycles. The van der Waals surface area contributed by atoms with E-state index in [0.717, 1.165) is 30.5 Å². The van der Waals surface area contributed by atoms with E-state index >= 15 is 0 Å². The average molecular weight is 748 g/mol. The van der Waals surface area contributed by atoms with E-state index in [2.05, 4.69) is 10.3 Å². The van der Waals surface area contributed by atoms with Gasteiger partial charge in [-0.2, -0.15) is 8.78 Å². The Balaban J connectivity index is 1.14. The molecule has 0 radical (unpaired) electrons. The summed E-state index contributed by atoms with van der Waals surface area (Å²) in [7, 11) is -5.85. The number of aromatic amines is 1. The first-order valence-corrected chi connectivity index (χ1v) is 18.8. The van der Waals surface area contributed by atoms with Crippen molar-refractivity contribution in [1.82, 2.24) is 25.0 Å². The van der Waals surface area contributed by atoms with E-state index in [4.69, 9.17) is 0 Å². The fourth-order valence-corrected chi connectivity index (χ4v) is 8.71. The third kappa shape index (κ3) is 6.77. The molecular formula is C35H38F4N5O7P. The van der Waals surface area contributed by atoms with Crippen molar-refractivity contribution in [3.63, 3.8) is 0 Å². The summed E-state index contributed by atoms with van der Waals surface area (Å²) in [6, 6.07) is 7.83. The number of likely N-dealkylation sites (tertiary alicyclic amines) is 1. The third-order valence-electron chi connectivity index (χ3n) is 11.0. The van der Waals surface area contributed by atoms with Gasteiger partial charge in [-0.3, -0.25) is 28.6 Å². The van der Waals surface area contributed by atoms with E-state index in [-0.39, 0.29) is 53.4 Å². The molecule has 3 aromatic rings. The van der Waals surface area contributed by atoms with E-state index in [1.54, 1.807) is 6.20 Å². The number of hydrogen-bond acceptors (Lipinski definition) is 6. The minimum absolute atomic E-state index is 0.0347. The van der Waals surface area contributed by atoms with Gasteiger partial charge in [-0.15, -0.1) is 0 Å². The van der Waals surface area contributed by atoms with Gasteiger partial charge < -0.3 is 29.9 Å². The first-order chi connectivity index (χ1) is 24.6. The standard InChI is InChI=1S/C35H38F4N5O7P/c36-29(37)19-42-12-8-27(41-31(46)22-2-1-20-3-4-25(14-23(20)13-22)35(38,39)52(49,50)51)32(47)44-26(18-42)5-6-28(44)33(48)43-17-24(16-34(43)9-10-34)21-7-11-40-30(45)15-21/h1-4,7,11,13-15,24,26-29H,5-6,8-10,12,16-19H2,(H,40,45)(H,41,46)(H2,49,50,51)/t24?,26-,27+,28+/m1/s1. The number of hydrogen-bond donors (Lipinski definition) is 4. The van der Waals surface area contributed by atoms with Crippen LogP contribution in [0.1, 0.15) is 65.9 Å². The van der Waals surface area contributed by atoms with Crippen LogP contribution in [0.4, 0.5) is 17.6 Å². The van der Waals surface area contributed by atoms with Crippen molar-refractivity contribution in [3.05, 3.63) is 81.8 Å². The number of aromatic nitrogens is 1.